The van der Waals surface area contributed by atoms with Gasteiger partial charge in [0.2, 0.25) is 11.8 Å². The maximum atomic E-state index is 12.5. The third-order valence-electron chi connectivity index (χ3n) is 4.60. The first-order chi connectivity index (χ1) is 13.5. The van der Waals surface area contributed by atoms with Gasteiger partial charge in [0.1, 0.15) is 6.54 Å². The predicted molar refractivity (Wildman–Crippen MR) is 113 cm³/mol. The van der Waals surface area contributed by atoms with Gasteiger partial charge in [-0.3, -0.25) is 9.59 Å². The molecule has 28 heavy (non-hydrogen) atoms. The van der Waals surface area contributed by atoms with Gasteiger partial charge in [0.15, 0.2) is 5.96 Å². The standard InChI is InChI=1S/C20H32N6O2/c1-4-21-20(23-16-19(28)24(2)3)22-11-10-18(27)26-14-12-25(13-15-26)17-8-6-5-7-9-17/h5-9H,4,10-16H2,1-3H3,(H2,21,22,23). The molecule has 154 valence electrons. The molecule has 1 saturated heterocycles. The van der Waals surface area contributed by atoms with E-state index in [4.69, 9.17) is 0 Å². The number of anilines is 1. The van der Waals surface area contributed by atoms with Crippen LogP contribution in [0.1, 0.15) is 13.3 Å². The number of rotatable bonds is 7. The van der Waals surface area contributed by atoms with Crippen molar-refractivity contribution in [3.63, 3.8) is 0 Å². The Morgan fingerprint density at radius 3 is 2.36 bits per heavy atom. The average molecular weight is 389 g/mol. The average Bonchev–Trinajstić information content (AvgIpc) is 2.72. The molecule has 2 rings (SSSR count). The van der Waals surface area contributed by atoms with Gasteiger partial charge in [0, 0.05) is 65.5 Å². The summed E-state index contributed by atoms with van der Waals surface area (Å²) >= 11 is 0. The number of nitrogens with one attached hydrogen (secondary N) is 2. The van der Waals surface area contributed by atoms with Crippen molar-refractivity contribution in [3.8, 4) is 0 Å². The highest BCUT2D eigenvalue weighted by Gasteiger charge is 2.20. The number of nitrogens with zero attached hydrogens (tertiary/aromatic N) is 4. The third kappa shape index (κ3) is 6.75. The van der Waals surface area contributed by atoms with Crippen molar-refractivity contribution >= 4 is 23.5 Å². The predicted octanol–water partition coefficient (Wildman–Crippen LogP) is 0.369. The van der Waals surface area contributed by atoms with Crippen molar-refractivity contribution in [2.24, 2.45) is 4.99 Å². The number of carbonyl (C=O) groups is 2. The molecule has 8 nitrogen and oxygen atoms in total. The van der Waals surface area contributed by atoms with Crippen LogP contribution in [0.15, 0.2) is 35.3 Å². The quantitative estimate of drug-likeness (QED) is 0.521. The van der Waals surface area contributed by atoms with Crippen molar-refractivity contribution in [2.75, 3.05) is 64.8 Å². The first-order valence-corrected chi connectivity index (χ1v) is 9.81. The molecule has 1 aromatic carbocycles. The molecule has 1 aromatic rings. The van der Waals surface area contributed by atoms with E-state index in [1.807, 2.05) is 30.0 Å². The smallest absolute Gasteiger partial charge is 0.243 e. The minimum absolute atomic E-state index is 0.0652. The molecule has 0 unspecified atom stereocenters. The molecule has 2 N–H and O–H groups in total. The number of carbonyl (C=O) groups excluding carboxylic acids is 2. The molecule has 0 spiro atoms. The Bertz CT molecular complexity index is 654. The first kappa shape index (κ1) is 21.5. The van der Waals surface area contributed by atoms with Crippen LogP contribution in [-0.2, 0) is 9.59 Å². The number of hydrogen-bond acceptors (Lipinski definition) is 4. The lowest BCUT2D eigenvalue weighted by Gasteiger charge is -2.36. The number of benzene rings is 1. The van der Waals surface area contributed by atoms with Gasteiger partial charge >= 0.3 is 0 Å². The van der Waals surface area contributed by atoms with Crippen LogP contribution in [-0.4, -0.2) is 87.5 Å². The van der Waals surface area contributed by atoms with Crippen molar-refractivity contribution in [1.82, 2.24) is 20.4 Å². The summed E-state index contributed by atoms with van der Waals surface area (Å²) in [4.78, 5) is 34.1. The van der Waals surface area contributed by atoms with Crippen LogP contribution in [0.2, 0.25) is 0 Å². The number of guanidine groups is 1. The van der Waals surface area contributed by atoms with E-state index in [0.717, 1.165) is 26.2 Å². The molecule has 0 atom stereocenters. The lowest BCUT2D eigenvalue weighted by atomic mass is 10.2. The fraction of sp³-hybridized carbons (Fsp3) is 0.550. The van der Waals surface area contributed by atoms with Crippen molar-refractivity contribution in [1.29, 1.82) is 0 Å². The molecule has 1 aliphatic heterocycles. The monoisotopic (exact) mass is 388 g/mol. The molecule has 2 amide bonds. The van der Waals surface area contributed by atoms with Crippen LogP contribution < -0.4 is 15.5 Å². The number of likely N-dealkylation sites (N-methyl/N-ethyl adjacent to an activating group) is 1. The summed E-state index contributed by atoms with van der Waals surface area (Å²) in [5.74, 6) is 0.629. The largest absolute Gasteiger partial charge is 0.368 e. The van der Waals surface area contributed by atoms with Crippen LogP contribution in [0.25, 0.3) is 0 Å². The lowest BCUT2D eigenvalue weighted by Crippen LogP contribution is -2.49. The van der Waals surface area contributed by atoms with Crippen molar-refractivity contribution in [2.45, 2.75) is 13.3 Å². The van der Waals surface area contributed by atoms with E-state index in [9.17, 15) is 9.59 Å². The molecule has 0 saturated carbocycles. The maximum Gasteiger partial charge on any atom is 0.243 e. The molecule has 1 aliphatic rings. The number of amides is 2. The SMILES string of the molecule is CCNC(=NCC(=O)N(C)C)NCCC(=O)N1CCN(c2ccccc2)CC1. The van der Waals surface area contributed by atoms with E-state index in [0.29, 0.717) is 25.5 Å². The zero-order chi connectivity index (χ0) is 20.4. The zero-order valence-electron chi connectivity index (χ0n) is 17.1. The zero-order valence-corrected chi connectivity index (χ0v) is 17.1. The van der Waals surface area contributed by atoms with E-state index < -0.39 is 0 Å². The highest BCUT2D eigenvalue weighted by molar-refractivity contribution is 5.85. The Morgan fingerprint density at radius 2 is 1.75 bits per heavy atom. The molecule has 1 heterocycles. The Balaban J connectivity index is 1.74. The summed E-state index contributed by atoms with van der Waals surface area (Å²) < 4.78 is 0. The van der Waals surface area contributed by atoms with E-state index in [-0.39, 0.29) is 18.4 Å². The normalized spacial score (nSPS) is 14.6. The van der Waals surface area contributed by atoms with Gasteiger partial charge in [-0.05, 0) is 19.1 Å². The third-order valence-corrected chi connectivity index (χ3v) is 4.60. The summed E-state index contributed by atoms with van der Waals surface area (Å²) in [6, 6.07) is 10.3. The number of aliphatic imine (C=N–C) groups is 1. The van der Waals surface area contributed by atoms with E-state index in [1.54, 1.807) is 14.1 Å². The number of piperazine rings is 1. The van der Waals surface area contributed by atoms with E-state index in [2.05, 4.69) is 32.7 Å². The van der Waals surface area contributed by atoms with Gasteiger partial charge < -0.3 is 25.3 Å². The van der Waals surface area contributed by atoms with E-state index in [1.165, 1.54) is 10.6 Å². The summed E-state index contributed by atoms with van der Waals surface area (Å²) in [6.45, 7) is 6.38. The second kappa shape index (κ2) is 11.2. The summed E-state index contributed by atoms with van der Waals surface area (Å²) in [6.07, 6.45) is 0.400. The molecular weight excluding hydrogens is 356 g/mol. The first-order valence-electron chi connectivity index (χ1n) is 9.81. The van der Waals surface area contributed by atoms with Gasteiger partial charge in [-0.2, -0.15) is 0 Å². The summed E-state index contributed by atoms with van der Waals surface area (Å²) in [5, 5.41) is 6.22. The van der Waals surface area contributed by atoms with E-state index >= 15 is 0 Å². The van der Waals surface area contributed by atoms with Crippen LogP contribution in [0.3, 0.4) is 0 Å². The Kier molecular flexibility index (Phi) is 8.58. The maximum absolute atomic E-state index is 12.5. The lowest BCUT2D eigenvalue weighted by molar-refractivity contribution is -0.131. The second-order valence-corrected chi connectivity index (χ2v) is 6.86. The molecule has 0 aliphatic carbocycles. The fourth-order valence-electron chi connectivity index (χ4n) is 2.93. The topological polar surface area (TPSA) is 80.3 Å². The van der Waals surface area contributed by atoms with Gasteiger partial charge in [-0.15, -0.1) is 0 Å². The molecule has 0 aromatic heterocycles. The fourth-order valence-corrected chi connectivity index (χ4v) is 2.93. The van der Waals surface area contributed by atoms with Crippen molar-refractivity contribution < 1.29 is 9.59 Å². The van der Waals surface area contributed by atoms with Gasteiger partial charge in [-0.25, -0.2) is 4.99 Å². The van der Waals surface area contributed by atoms with Gasteiger partial charge in [-0.1, -0.05) is 18.2 Å². The van der Waals surface area contributed by atoms with Crippen LogP contribution >= 0.6 is 0 Å². The Morgan fingerprint density at radius 1 is 1.07 bits per heavy atom. The molecule has 0 radical (unpaired) electrons. The second-order valence-electron chi connectivity index (χ2n) is 6.86. The van der Waals surface area contributed by atoms with Gasteiger partial charge in [0.25, 0.3) is 0 Å². The minimum atomic E-state index is -0.0652. The van der Waals surface area contributed by atoms with Crippen LogP contribution in [0.4, 0.5) is 5.69 Å². The Labute approximate surface area is 167 Å². The minimum Gasteiger partial charge on any atom is -0.368 e. The Hall–Kier alpha value is -2.77. The molecule has 1 fully saturated rings. The van der Waals surface area contributed by atoms with Crippen LogP contribution in [0, 0.1) is 0 Å². The number of hydrogen-bond donors (Lipinski definition) is 2. The molecule has 0 bridgehead atoms. The van der Waals surface area contributed by atoms with Gasteiger partial charge in [0.05, 0.1) is 0 Å². The highest BCUT2D eigenvalue weighted by Crippen LogP contribution is 2.15. The summed E-state index contributed by atoms with van der Waals surface area (Å²) in [7, 11) is 3.41. The highest BCUT2D eigenvalue weighted by atomic mass is 16.2. The molecule has 8 heteroatoms. The summed E-state index contributed by atoms with van der Waals surface area (Å²) in [5.41, 5.74) is 1.20. The molecular formula is C20H32N6O2. The van der Waals surface area contributed by atoms with Crippen LogP contribution in [0.5, 0.6) is 0 Å². The van der Waals surface area contributed by atoms with Crippen molar-refractivity contribution in [3.05, 3.63) is 30.3 Å². The number of para-hydroxylation sites is 1.